The summed E-state index contributed by atoms with van der Waals surface area (Å²) in [5.41, 5.74) is 3.73. The van der Waals surface area contributed by atoms with Crippen molar-refractivity contribution in [2.45, 2.75) is 11.8 Å². The fourth-order valence-electron chi connectivity index (χ4n) is 5.74. The Morgan fingerprint density at radius 1 is 0.912 bits per heavy atom. The van der Waals surface area contributed by atoms with Gasteiger partial charge in [-0.15, -0.1) is 0 Å². The van der Waals surface area contributed by atoms with Crippen molar-refractivity contribution in [2.24, 2.45) is 16.9 Å². The van der Waals surface area contributed by atoms with Crippen molar-refractivity contribution in [1.29, 1.82) is 0 Å². The van der Waals surface area contributed by atoms with Gasteiger partial charge in [0.15, 0.2) is 0 Å². The minimum absolute atomic E-state index is 0.0195. The molecule has 2 atom stereocenters. The summed E-state index contributed by atoms with van der Waals surface area (Å²) in [6, 6.07) is 18.4. The van der Waals surface area contributed by atoms with E-state index in [1.165, 1.54) is 12.1 Å². The quantitative estimate of drug-likeness (QED) is 0.241. The van der Waals surface area contributed by atoms with E-state index in [4.69, 9.17) is 0 Å². The minimum atomic E-state index is -0.718. The predicted octanol–water partition coefficient (Wildman–Crippen LogP) is 4.29. The van der Waals surface area contributed by atoms with Crippen molar-refractivity contribution in [3.63, 3.8) is 0 Å². The summed E-state index contributed by atoms with van der Waals surface area (Å²) in [5.74, 6) is -3.06. The lowest BCUT2D eigenvalue weighted by molar-refractivity contribution is -0.385. The van der Waals surface area contributed by atoms with Crippen LogP contribution >= 0.6 is 15.9 Å². The third-order valence-corrected chi connectivity index (χ3v) is 7.48. The molecule has 1 aliphatic heterocycles. The Bertz CT molecular complexity index is 1340. The number of amides is 2. The highest BCUT2D eigenvalue weighted by Gasteiger charge is 2.61. The summed E-state index contributed by atoms with van der Waals surface area (Å²) in [5, 5.41) is 26.5. The molecule has 8 nitrogen and oxygen atoms in total. The average Bonchev–Trinajstić information content (AvgIpc) is 3.09. The van der Waals surface area contributed by atoms with Gasteiger partial charge in [-0.05, 0) is 28.3 Å². The number of carbonyl (C=O) groups is 2. The van der Waals surface area contributed by atoms with Gasteiger partial charge in [-0.25, -0.2) is 0 Å². The molecule has 9 heteroatoms. The molecule has 168 valence electrons. The van der Waals surface area contributed by atoms with Gasteiger partial charge in [-0.1, -0.05) is 64.5 Å². The van der Waals surface area contributed by atoms with Crippen molar-refractivity contribution >= 4 is 39.6 Å². The van der Waals surface area contributed by atoms with E-state index < -0.39 is 40.0 Å². The highest BCUT2D eigenvalue weighted by Crippen LogP contribution is 2.60. The van der Waals surface area contributed by atoms with Crippen molar-refractivity contribution in [1.82, 2.24) is 5.01 Å². The number of nitrogens with zero attached hydrogens (tertiary/aromatic N) is 3. The van der Waals surface area contributed by atoms with Gasteiger partial charge in [0.2, 0.25) is 5.75 Å². The van der Waals surface area contributed by atoms with E-state index >= 15 is 0 Å². The maximum atomic E-state index is 13.5. The molecule has 0 unspecified atom stereocenters. The van der Waals surface area contributed by atoms with Crippen LogP contribution in [-0.4, -0.2) is 33.1 Å². The molecule has 2 amide bonds. The number of carbonyl (C=O) groups excluding carboxylic acids is 2. The summed E-state index contributed by atoms with van der Waals surface area (Å²) in [4.78, 5) is 37.5. The largest absolute Gasteiger partial charge is 0.502 e. The zero-order chi connectivity index (χ0) is 23.7. The number of phenolic OH excluding ortho intramolecular Hbond substituents is 1. The number of imide groups is 1. The lowest BCUT2D eigenvalue weighted by Crippen LogP contribution is -2.41. The third-order valence-electron chi connectivity index (χ3n) is 7.02. The number of hydrogen-bond acceptors (Lipinski definition) is 6. The van der Waals surface area contributed by atoms with Crippen LogP contribution in [0.2, 0.25) is 0 Å². The summed E-state index contributed by atoms with van der Waals surface area (Å²) in [7, 11) is 0. The second kappa shape index (κ2) is 7.33. The van der Waals surface area contributed by atoms with Crippen LogP contribution in [0.3, 0.4) is 0 Å². The molecule has 7 rings (SSSR count). The number of aromatic hydroxyl groups is 1. The van der Waals surface area contributed by atoms with Crippen LogP contribution in [0.1, 0.15) is 39.7 Å². The normalized spacial score (nSPS) is 24.3. The van der Waals surface area contributed by atoms with E-state index in [1.54, 1.807) is 0 Å². The fourth-order valence-corrected chi connectivity index (χ4v) is 6.20. The number of phenols is 1. The van der Waals surface area contributed by atoms with Crippen LogP contribution in [0.4, 0.5) is 5.69 Å². The first kappa shape index (κ1) is 20.7. The van der Waals surface area contributed by atoms with Crippen molar-refractivity contribution in [2.75, 3.05) is 0 Å². The third kappa shape index (κ3) is 2.73. The van der Waals surface area contributed by atoms with Gasteiger partial charge in [-0.2, -0.15) is 10.1 Å². The molecule has 0 radical (unpaired) electrons. The summed E-state index contributed by atoms with van der Waals surface area (Å²) in [6.07, 6.45) is 1.11. The zero-order valence-corrected chi connectivity index (χ0v) is 19.0. The van der Waals surface area contributed by atoms with E-state index in [9.17, 15) is 24.8 Å². The number of nitro groups is 1. The summed E-state index contributed by atoms with van der Waals surface area (Å²) < 4.78 is 0.357. The molecular weight excluding hydrogens is 502 g/mol. The number of benzene rings is 3. The molecule has 3 aliphatic carbocycles. The van der Waals surface area contributed by atoms with Gasteiger partial charge in [0, 0.05) is 27.9 Å². The van der Waals surface area contributed by atoms with Crippen LogP contribution in [0.25, 0.3) is 0 Å². The Kier molecular flexibility index (Phi) is 4.47. The van der Waals surface area contributed by atoms with Crippen LogP contribution < -0.4 is 0 Å². The Hall–Kier alpha value is -3.85. The minimum Gasteiger partial charge on any atom is -0.502 e. The van der Waals surface area contributed by atoms with Crippen LogP contribution in [-0.2, 0) is 9.59 Å². The molecule has 0 spiro atoms. The second-order valence-corrected chi connectivity index (χ2v) is 9.53. The SMILES string of the molecule is O=C1[C@@H]2C3c4ccccc4C(c4ccccc43)[C@@H]2C(=O)N1/N=C\c1cc(Br)cc([N+](=O)[O-])c1O. The molecule has 1 saturated heterocycles. The highest BCUT2D eigenvalue weighted by atomic mass is 79.9. The lowest BCUT2D eigenvalue weighted by atomic mass is 9.55. The van der Waals surface area contributed by atoms with Crippen LogP contribution in [0.15, 0.2) is 70.2 Å². The molecule has 3 aromatic carbocycles. The maximum Gasteiger partial charge on any atom is 0.312 e. The van der Waals surface area contributed by atoms with Gasteiger partial charge in [0.05, 0.1) is 23.0 Å². The van der Waals surface area contributed by atoms with Gasteiger partial charge >= 0.3 is 5.69 Å². The molecule has 1 N–H and O–H groups in total. The van der Waals surface area contributed by atoms with Crippen molar-refractivity contribution in [3.05, 3.63) is 103 Å². The molecule has 4 aliphatic rings. The molecule has 3 aromatic rings. The number of halogens is 1. The monoisotopic (exact) mass is 517 g/mol. The Labute approximate surface area is 201 Å². The Morgan fingerprint density at radius 3 is 1.82 bits per heavy atom. The lowest BCUT2D eigenvalue weighted by Gasteiger charge is -2.45. The topological polar surface area (TPSA) is 113 Å². The summed E-state index contributed by atoms with van der Waals surface area (Å²) in [6.45, 7) is 0. The molecule has 34 heavy (non-hydrogen) atoms. The molecular formula is C25H16BrN3O5. The van der Waals surface area contributed by atoms with Gasteiger partial charge in [-0.3, -0.25) is 19.7 Å². The smallest absolute Gasteiger partial charge is 0.312 e. The van der Waals surface area contributed by atoms with E-state index in [2.05, 4.69) is 21.0 Å². The molecule has 1 heterocycles. The Balaban J connectivity index is 1.43. The number of rotatable bonds is 3. The molecule has 1 fully saturated rings. The van der Waals surface area contributed by atoms with E-state index in [1.807, 2.05) is 48.5 Å². The standard InChI is InChI=1S/C25H16BrN3O5/c26-13-9-12(23(30)18(10-13)29(33)34)11-27-28-24(31)21-19-14-5-1-2-6-15(14)20(22(21)25(28)32)17-8-4-3-7-16(17)19/h1-11,19-22,30H/b27-11-/t19?,20?,21-,22+. The fraction of sp³-hybridized carbons (Fsp3) is 0.160. The predicted molar refractivity (Wildman–Crippen MR) is 125 cm³/mol. The molecule has 2 bridgehead atoms. The number of nitro benzene ring substituents is 1. The maximum absolute atomic E-state index is 13.5. The first-order valence-electron chi connectivity index (χ1n) is 10.6. The van der Waals surface area contributed by atoms with Crippen LogP contribution in [0, 0.1) is 22.0 Å². The second-order valence-electron chi connectivity index (χ2n) is 8.62. The Morgan fingerprint density at radius 2 is 1.38 bits per heavy atom. The first-order chi connectivity index (χ1) is 16.4. The average molecular weight is 518 g/mol. The number of hydrogen-bond donors (Lipinski definition) is 1. The van der Waals surface area contributed by atoms with E-state index in [-0.39, 0.29) is 17.4 Å². The number of hydrazone groups is 1. The first-order valence-corrected chi connectivity index (χ1v) is 11.4. The van der Waals surface area contributed by atoms with Crippen LogP contribution in [0.5, 0.6) is 5.75 Å². The summed E-state index contributed by atoms with van der Waals surface area (Å²) >= 11 is 3.17. The zero-order valence-electron chi connectivity index (χ0n) is 17.5. The van der Waals surface area contributed by atoms with E-state index in [0.717, 1.165) is 33.5 Å². The van der Waals surface area contributed by atoms with Gasteiger partial charge in [0.1, 0.15) is 0 Å². The van der Waals surface area contributed by atoms with Crippen molar-refractivity contribution < 1.29 is 19.6 Å². The highest BCUT2D eigenvalue weighted by molar-refractivity contribution is 9.10. The van der Waals surface area contributed by atoms with Gasteiger partial charge in [0.25, 0.3) is 11.8 Å². The van der Waals surface area contributed by atoms with E-state index in [0.29, 0.717) is 4.47 Å². The molecule has 0 aromatic heterocycles. The molecule has 0 saturated carbocycles. The van der Waals surface area contributed by atoms with Gasteiger partial charge < -0.3 is 5.11 Å². The van der Waals surface area contributed by atoms with Crippen molar-refractivity contribution in [3.8, 4) is 5.75 Å².